The van der Waals surface area contributed by atoms with Crippen molar-refractivity contribution in [3.63, 3.8) is 0 Å². The van der Waals surface area contributed by atoms with Gasteiger partial charge in [0.05, 0.1) is 5.69 Å². The first kappa shape index (κ1) is 19.8. The molecule has 32 heavy (non-hydrogen) atoms. The number of nitrogens with one attached hydrogen (secondary N) is 1. The lowest BCUT2D eigenvalue weighted by Crippen LogP contribution is -2.16. The van der Waals surface area contributed by atoms with E-state index in [0.29, 0.717) is 39.2 Å². The first-order chi connectivity index (χ1) is 15.3. The fourth-order valence-electron chi connectivity index (χ4n) is 3.57. The highest BCUT2D eigenvalue weighted by Gasteiger charge is 2.31. The minimum absolute atomic E-state index is 0.0879. The molecule has 3 aromatic heterocycles. The Morgan fingerprint density at radius 2 is 1.69 bits per heavy atom. The standard InChI is InChI=1S/C23H15F3N4O2/c1-13-20(27-18-5-3-2-4-17(18)21(13)31)22-28-19-11-8-15(12-30(19)29-22)14-6-9-16(10-7-14)32-23(24,25)26/h2-12H,1H3,(H,27,31). The molecule has 0 atom stereocenters. The average Bonchev–Trinajstić information content (AvgIpc) is 3.19. The Morgan fingerprint density at radius 3 is 2.44 bits per heavy atom. The Morgan fingerprint density at radius 1 is 0.969 bits per heavy atom. The predicted octanol–water partition coefficient (Wildman–Crippen LogP) is 5.11. The molecular formula is C23H15F3N4O2. The second kappa shape index (κ2) is 7.23. The van der Waals surface area contributed by atoms with E-state index < -0.39 is 6.36 Å². The van der Waals surface area contributed by atoms with Gasteiger partial charge in [0, 0.05) is 28.2 Å². The van der Waals surface area contributed by atoms with Crippen LogP contribution in [0.15, 0.2) is 71.7 Å². The van der Waals surface area contributed by atoms with E-state index in [1.807, 2.05) is 18.2 Å². The second-order valence-electron chi connectivity index (χ2n) is 7.23. The molecule has 0 unspecified atom stereocenters. The zero-order valence-corrected chi connectivity index (χ0v) is 16.6. The van der Waals surface area contributed by atoms with Crippen LogP contribution < -0.4 is 10.2 Å². The normalized spacial score (nSPS) is 11.9. The molecule has 3 heterocycles. The maximum atomic E-state index is 12.7. The number of ether oxygens (including phenoxy) is 1. The highest BCUT2D eigenvalue weighted by Crippen LogP contribution is 2.27. The Hall–Kier alpha value is -4.14. The van der Waals surface area contributed by atoms with Gasteiger partial charge in [-0.3, -0.25) is 4.79 Å². The summed E-state index contributed by atoms with van der Waals surface area (Å²) in [5.41, 5.74) is 3.64. The molecule has 5 rings (SSSR count). The van der Waals surface area contributed by atoms with Gasteiger partial charge in [-0.05, 0) is 48.9 Å². The van der Waals surface area contributed by atoms with Crippen LogP contribution in [0.1, 0.15) is 5.56 Å². The molecule has 0 spiro atoms. The van der Waals surface area contributed by atoms with Crippen molar-refractivity contribution in [2.24, 2.45) is 0 Å². The van der Waals surface area contributed by atoms with Crippen molar-refractivity contribution in [2.75, 3.05) is 0 Å². The molecule has 0 aliphatic carbocycles. The zero-order chi connectivity index (χ0) is 22.5. The third-order valence-electron chi connectivity index (χ3n) is 5.12. The van der Waals surface area contributed by atoms with Crippen molar-refractivity contribution in [3.8, 4) is 28.4 Å². The number of hydrogen-bond donors (Lipinski definition) is 1. The fraction of sp³-hybridized carbons (Fsp3) is 0.0870. The quantitative estimate of drug-likeness (QED) is 0.427. The first-order valence-electron chi connectivity index (χ1n) is 9.63. The van der Waals surface area contributed by atoms with Crippen molar-refractivity contribution in [3.05, 3.63) is 82.6 Å². The molecule has 0 aliphatic heterocycles. The molecular weight excluding hydrogens is 421 g/mol. The molecule has 0 fully saturated rings. The third kappa shape index (κ3) is 3.58. The summed E-state index contributed by atoms with van der Waals surface area (Å²) in [5, 5.41) is 5.10. The van der Waals surface area contributed by atoms with Crippen LogP contribution in [-0.2, 0) is 0 Å². The number of H-pyrrole nitrogens is 1. The Kier molecular flexibility index (Phi) is 4.47. The summed E-state index contributed by atoms with van der Waals surface area (Å²) in [4.78, 5) is 20.5. The second-order valence-corrected chi connectivity index (χ2v) is 7.23. The van der Waals surface area contributed by atoms with E-state index >= 15 is 0 Å². The summed E-state index contributed by atoms with van der Waals surface area (Å²) < 4.78 is 42.6. The lowest BCUT2D eigenvalue weighted by Gasteiger charge is -2.09. The minimum atomic E-state index is -4.74. The van der Waals surface area contributed by atoms with Crippen molar-refractivity contribution < 1.29 is 17.9 Å². The number of halogens is 3. The van der Waals surface area contributed by atoms with E-state index in [9.17, 15) is 18.0 Å². The van der Waals surface area contributed by atoms with Gasteiger partial charge in [0.25, 0.3) is 0 Å². The Bertz CT molecular complexity index is 1520. The van der Waals surface area contributed by atoms with Crippen LogP contribution in [-0.4, -0.2) is 25.9 Å². The average molecular weight is 436 g/mol. The van der Waals surface area contributed by atoms with E-state index in [1.54, 1.807) is 35.8 Å². The lowest BCUT2D eigenvalue weighted by atomic mass is 10.1. The number of aromatic nitrogens is 4. The van der Waals surface area contributed by atoms with Crippen molar-refractivity contribution >= 4 is 16.6 Å². The van der Waals surface area contributed by atoms with Crippen LogP contribution >= 0.6 is 0 Å². The predicted molar refractivity (Wildman–Crippen MR) is 113 cm³/mol. The van der Waals surface area contributed by atoms with Gasteiger partial charge in [0.15, 0.2) is 16.9 Å². The summed E-state index contributed by atoms with van der Waals surface area (Å²) >= 11 is 0. The molecule has 0 radical (unpaired) electrons. The van der Waals surface area contributed by atoms with Crippen molar-refractivity contribution in [2.45, 2.75) is 13.3 Å². The molecule has 0 saturated heterocycles. The van der Waals surface area contributed by atoms with Crippen LogP contribution in [0.5, 0.6) is 5.75 Å². The van der Waals surface area contributed by atoms with Crippen LogP contribution in [0.2, 0.25) is 0 Å². The van der Waals surface area contributed by atoms with Crippen LogP contribution in [0.25, 0.3) is 39.2 Å². The molecule has 5 aromatic rings. The summed E-state index contributed by atoms with van der Waals surface area (Å²) in [7, 11) is 0. The molecule has 160 valence electrons. The zero-order valence-electron chi connectivity index (χ0n) is 16.6. The molecule has 0 saturated carbocycles. The highest BCUT2D eigenvalue weighted by atomic mass is 19.4. The SMILES string of the molecule is Cc1c(-c2nc3ccc(-c4ccc(OC(F)(F)F)cc4)cn3n2)[nH]c2ccccc2c1=O. The fourth-order valence-corrected chi connectivity index (χ4v) is 3.57. The molecule has 0 aliphatic rings. The van der Waals surface area contributed by atoms with Gasteiger partial charge in [-0.1, -0.05) is 24.3 Å². The van der Waals surface area contributed by atoms with Crippen molar-refractivity contribution in [1.82, 2.24) is 19.6 Å². The first-order valence-corrected chi connectivity index (χ1v) is 9.63. The topological polar surface area (TPSA) is 72.3 Å². The smallest absolute Gasteiger partial charge is 0.406 e. The van der Waals surface area contributed by atoms with E-state index in [-0.39, 0.29) is 11.2 Å². The van der Waals surface area contributed by atoms with Crippen LogP contribution in [0, 0.1) is 6.92 Å². The molecule has 0 amide bonds. The largest absolute Gasteiger partial charge is 0.573 e. The van der Waals surface area contributed by atoms with Gasteiger partial charge in [0.2, 0.25) is 0 Å². The van der Waals surface area contributed by atoms with Crippen LogP contribution in [0.3, 0.4) is 0 Å². The number of alkyl halides is 3. The number of benzene rings is 2. The lowest BCUT2D eigenvalue weighted by molar-refractivity contribution is -0.274. The van der Waals surface area contributed by atoms with E-state index in [4.69, 9.17) is 0 Å². The molecule has 2 aromatic carbocycles. The number of hydrogen-bond acceptors (Lipinski definition) is 4. The van der Waals surface area contributed by atoms with Gasteiger partial charge >= 0.3 is 6.36 Å². The van der Waals surface area contributed by atoms with E-state index in [1.165, 1.54) is 24.3 Å². The summed E-state index contributed by atoms with van der Waals surface area (Å²) in [5.74, 6) is 0.0810. The minimum Gasteiger partial charge on any atom is -0.406 e. The highest BCUT2D eigenvalue weighted by molar-refractivity contribution is 5.82. The molecule has 6 nitrogen and oxygen atoms in total. The third-order valence-corrected chi connectivity index (χ3v) is 5.12. The van der Waals surface area contributed by atoms with Gasteiger partial charge in [-0.2, -0.15) is 0 Å². The molecule has 9 heteroatoms. The molecule has 0 bridgehead atoms. The van der Waals surface area contributed by atoms with Crippen molar-refractivity contribution in [1.29, 1.82) is 0 Å². The Labute approximate surface area is 178 Å². The van der Waals surface area contributed by atoms with Gasteiger partial charge in [-0.15, -0.1) is 18.3 Å². The van der Waals surface area contributed by atoms with Crippen LogP contribution in [0.4, 0.5) is 13.2 Å². The summed E-state index contributed by atoms with van der Waals surface area (Å²) in [6.45, 7) is 1.72. The monoisotopic (exact) mass is 436 g/mol. The Balaban J connectivity index is 1.53. The van der Waals surface area contributed by atoms with E-state index in [2.05, 4.69) is 19.8 Å². The number of fused-ring (bicyclic) bond motifs is 2. The van der Waals surface area contributed by atoms with Gasteiger partial charge < -0.3 is 9.72 Å². The maximum Gasteiger partial charge on any atom is 0.573 e. The van der Waals surface area contributed by atoms with Gasteiger partial charge in [0.1, 0.15) is 5.75 Å². The number of para-hydroxylation sites is 1. The summed E-state index contributed by atoms with van der Waals surface area (Å²) in [6.07, 6.45) is -3.01. The number of pyridine rings is 2. The van der Waals surface area contributed by atoms with E-state index in [0.717, 1.165) is 5.56 Å². The number of nitrogens with zero attached hydrogens (tertiary/aromatic N) is 3. The molecule has 1 N–H and O–H groups in total. The maximum absolute atomic E-state index is 12.7. The van der Waals surface area contributed by atoms with Gasteiger partial charge in [-0.25, -0.2) is 9.50 Å². The number of aromatic amines is 1. The summed E-state index contributed by atoms with van der Waals surface area (Å²) in [6, 6.07) is 16.3. The number of rotatable bonds is 3.